The van der Waals surface area contributed by atoms with Gasteiger partial charge in [0.25, 0.3) is 0 Å². The van der Waals surface area contributed by atoms with Crippen LogP contribution in [0.15, 0.2) is 0 Å². The van der Waals surface area contributed by atoms with Crippen LogP contribution in [-0.4, -0.2) is 45.2 Å². The van der Waals surface area contributed by atoms with Gasteiger partial charge in [-0.05, 0) is 19.4 Å². The van der Waals surface area contributed by atoms with Crippen molar-refractivity contribution in [1.29, 1.82) is 0 Å². The highest BCUT2D eigenvalue weighted by Crippen LogP contribution is 2.10. The van der Waals surface area contributed by atoms with E-state index in [1.165, 1.54) is 10.6 Å². The number of sulfonamides is 1. The third-order valence-electron chi connectivity index (χ3n) is 2.31. The van der Waals surface area contributed by atoms with Crippen LogP contribution in [0.1, 0.15) is 12.8 Å². The molecule has 0 aromatic rings. The molecule has 13 heavy (non-hydrogen) atoms. The van der Waals surface area contributed by atoms with Crippen LogP contribution < -0.4 is 5.32 Å². The first-order chi connectivity index (χ1) is 5.52. The first-order valence-corrected chi connectivity index (χ1v) is 6.00. The molecule has 0 saturated carbocycles. The molecule has 1 rings (SSSR count). The zero-order chi connectivity index (χ0) is 9.19. The smallest absolute Gasteiger partial charge is 0.211 e. The van der Waals surface area contributed by atoms with E-state index in [-0.39, 0.29) is 18.4 Å². The van der Waals surface area contributed by atoms with E-state index in [2.05, 4.69) is 5.32 Å². The molecule has 1 aliphatic heterocycles. The summed E-state index contributed by atoms with van der Waals surface area (Å²) in [5.41, 5.74) is 0. The topological polar surface area (TPSA) is 49.4 Å². The summed E-state index contributed by atoms with van der Waals surface area (Å²) < 4.78 is 23.7. The number of hydrogen-bond donors (Lipinski definition) is 1. The van der Waals surface area contributed by atoms with Gasteiger partial charge in [0.1, 0.15) is 0 Å². The number of hydrogen-bond acceptors (Lipinski definition) is 3. The van der Waals surface area contributed by atoms with Gasteiger partial charge in [-0.1, -0.05) is 0 Å². The van der Waals surface area contributed by atoms with Crippen LogP contribution in [0.25, 0.3) is 0 Å². The standard InChI is InChI=1S/C7H16N2O2S.ClH/c1-9(12(2,10)11)7-4-3-5-8-6-7;/h7-8H,3-6H2,1-2H3;1H/t7-;/m0./s1. The molecule has 1 fully saturated rings. The Hall–Kier alpha value is 0.160. The van der Waals surface area contributed by atoms with Crippen LogP contribution in [0, 0.1) is 0 Å². The van der Waals surface area contributed by atoms with Crippen LogP contribution in [0.4, 0.5) is 0 Å². The van der Waals surface area contributed by atoms with Crippen molar-refractivity contribution >= 4 is 22.4 Å². The molecule has 0 aromatic heterocycles. The van der Waals surface area contributed by atoms with Crippen LogP contribution in [0.2, 0.25) is 0 Å². The van der Waals surface area contributed by atoms with Gasteiger partial charge >= 0.3 is 0 Å². The van der Waals surface area contributed by atoms with Gasteiger partial charge < -0.3 is 5.32 Å². The Bertz CT molecular complexity index is 237. The SMILES string of the molecule is CN([C@H]1CCCNC1)S(C)(=O)=O.Cl. The summed E-state index contributed by atoms with van der Waals surface area (Å²) in [5, 5.41) is 3.18. The van der Waals surface area contributed by atoms with Crippen molar-refractivity contribution in [2.75, 3.05) is 26.4 Å². The Morgan fingerprint density at radius 2 is 2.08 bits per heavy atom. The largest absolute Gasteiger partial charge is 0.315 e. The summed E-state index contributed by atoms with van der Waals surface area (Å²) >= 11 is 0. The second-order valence-corrected chi connectivity index (χ2v) is 5.32. The molecule has 0 unspecified atom stereocenters. The van der Waals surface area contributed by atoms with Gasteiger partial charge in [-0.3, -0.25) is 0 Å². The van der Waals surface area contributed by atoms with Gasteiger partial charge in [0.15, 0.2) is 0 Å². The van der Waals surface area contributed by atoms with E-state index in [1.807, 2.05) is 0 Å². The summed E-state index contributed by atoms with van der Waals surface area (Å²) in [6.07, 6.45) is 3.28. The highest BCUT2D eigenvalue weighted by molar-refractivity contribution is 7.88. The van der Waals surface area contributed by atoms with Gasteiger partial charge in [-0.15, -0.1) is 12.4 Å². The summed E-state index contributed by atoms with van der Waals surface area (Å²) in [6.45, 7) is 1.79. The Kier molecular flexibility index (Phi) is 5.21. The van der Waals surface area contributed by atoms with Gasteiger partial charge in [-0.25, -0.2) is 12.7 Å². The van der Waals surface area contributed by atoms with Gasteiger partial charge in [-0.2, -0.15) is 0 Å². The van der Waals surface area contributed by atoms with Gasteiger partial charge in [0, 0.05) is 19.6 Å². The molecular weight excluding hydrogens is 212 g/mol. The average Bonchev–Trinajstić information content (AvgIpc) is 2.03. The minimum absolute atomic E-state index is 0. The molecular formula is C7H17ClN2O2S. The number of halogens is 1. The van der Waals surface area contributed by atoms with Crippen molar-refractivity contribution in [3.05, 3.63) is 0 Å². The third kappa shape index (κ3) is 3.81. The molecule has 0 radical (unpaired) electrons. The fraction of sp³-hybridized carbons (Fsp3) is 1.00. The van der Waals surface area contributed by atoms with E-state index in [0.29, 0.717) is 0 Å². The van der Waals surface area contributed by atoms with E-state index in [0.717, 1.165) is 25.9 Å². The van der Waals surface area contributed by atoms with E-state index in [9.17, 15) is 8.42 Å². The van der Waals surface area contributed by atoms with Gasteiger partial charge in [0.2, 0.25) is 10.0 Å². The molecule has 0 aromatic carbocycles. The molecule has 1 atom stereocenters. The number of nitrogens with one attached hydrogen (secondary N) is 1. The second-order valence-electron chi connectivity index (χ2n) is 3.28. The zero-order valence-electron chi connectivity index (χ0n) is 7.99. The number of nitrogens with zero attached hydrogens (tertiary/aromatic N) is 1. The normalized spacial score (nSPS) is 24.1. The van der Waals surface area contributed by atoms with Crippen LogP contribution in [0.5, 0.6) is 0 Å². The molecule has 1 heterocycles. The fourth-order valence-electron chi connectivity index (χ4n) is 1.41. The molecule has 80 valence electrons. The maximum atomic E-state index is 11.1. The van der Waals surface area contributed by atoms with E-state index in [4.69, 9.17) is 0 Å². The number of piperidine rings is 1. The highest BCUT2D eigenvalue weighted by Gasteiger charge is 2.23. The summed E-state index contributed by atoms with van der Waals surface area (Å²) in [7, 11) is -1.36. The van der Waals surface area contributed by atoms with Crippen molar-refractivity contribution in [3.63, 3.8) is 0 Å². The quantitative estimate of drug-likeness (QED) is 0.727. The molecule has 4 nitrogen and oxygen atoms in total. The molecule has 0 aliphatic carbocycles. The maximum absolute atomic E-state index is 11.1. The highest BCUT2D eigenvalue weighted by atomic mass is 35.5. The van der Waals surface area contributed by atoms with Crippen molar-refractivity contribution in [2.45, 2.75) is 18.9 Å². The van der Waals surface area contributed by atoms with E-state index >= 15 is 0 Å². The molecule has 6 heteroatoms. The van der Waals surface area contributed by atoms with Crippen LogP contribution in [-0.2, 0) is 10.0 Å². The van der Waals surface area contributed by atoms with E-state index < -0.39 is 10.0 Å². The Morgan fingerprint density at radius 1 is 1.46 bits per heavy atom. The van der Waals surface area contributed by atoms with Crippen molar-refractivity contribution in [3.8, 4) is 0 Å². The van der Waals surface area contributed by atoms with Crippen molar-refractivity contribution in [2.24, 2.45) is 0 Å². The Balaban J connectivity index is 0.00000144. The molecule has 1 aliphatic rings. The molecule has 0 amide bonds. The van der Waals surface area contributed by atoms with Gasteiger partial charge in [0.05, 0.1) is 6.26 Å². The zero-order valence-corrected chi connectivity index (χ0v) is 9.62. The van der Waals surface area contributed by atoms with Crippen LogP contribution in [0.3, 0.4) is 0 Å². The molecule has 0 spiro atoms. The molecule has 0 bridgehead atoms. The predicted octanol–water partition coefficient (Wildman–Crippen LogP) is 0.0516. The Morgan fingerprint density at radius 3 is 2.46 bits per heavy atom. The second kappa shape index (κ2) is 5.14. The van der Waals surface area contributed by atoms with E-state index in [1.54, 1.807) is 7.05 Å². The minimum Gasteiger partial charge on any atom is -0.315 e. The molecule has 1 N–H and O–H groups in total. The average molecular weight is 229 g/mol. The maximum Gasteiger partial charge on any atom is 0.211 e. The lowest BCUT2D eigenvalue weighted by Crippen LogP contribution is -2.46. The number of likely N-dealkylation sites (N-methyl/N-ethyl adjacent to an activating group) is 1. The predicted molar refractivity (Wildman–Crippen MR) is 55.7 cm³/mol. The van der Waals surface area contributed by atoms with Crippen molar-refractivity contribution < 1.29 is 8.42 Å². The molecule has 1 saturated heterocycles. The minimum atomic E-state index is -3.01. The first-order valence-electron chi connectivity index (χ1n) is 4.15. The Labute approximate surface area is 86.1 Å². The fourth-order valence-corrected chi connectivity index (χ4v) is 2.14. The number of rotatable bonds is 2. The summed E-state index contributed by atoms with van der Waals surface area (Å²) in [4.78, 5) is 0. The lowest BCUT2D eigenvalue weighted by molar-refractivity contribution is 0.301. The lowest BCUT2D eigenvalue weighted by atomic mass is 10.1. The first kappa shape index (κ1) is 13.2. The third-order valence-corrected chi connectivity index (χ3v) is 3.65. The van der Waals surface area contributed by atoms with Crippen molar-refractivity contribution in [1.82, 2.24) is 9.62 Å². The summed E-state index contributed by atoms with van der Waals surface area (Å²) in [6, 6.07) is 0.147. The summed E-state index contributed by atoms with van der Waals surface area (Å²) in [5.74, 6) is 0. The van der Waals surface area contributed by atoms with Crippen LogP contribution >= 0.6 is 12.4 Å². The monoisotopic (exact) mass is 228 g/mol. The lowest BCUT2D eigenvalue weighted by Gasteiger charge is -2.29.